The van der Waals surface area contributed by atoms with Gasteiger partial charge in [-0.2, -0.15) is 10.1 Å². The number of para-hydroxylation sites is 1. The molecule has 4 aromatic heterocycles. The molecule has 2 N–H and O–H groups in total. The van der Waals surface area contributed by atoms with Crippen molar-refractivity contribution in [2.75, 3.05) is 17.2 Å². The molecule has 1 aromatic carbocycles. The number of nitrogens with two attached hydrogens (primary N) is 1. The lowest BCUT2D eigenvalue weighted by molar-refractivity contribution is 0.654. The van der Waals surface area contributed by atoms with E-state index < -0.39 is 6.04 Å². The highest BCUT2D eigenvalue weighted by molar-refractivity contribution is 6.33. The van der Waals surface area contributed by atoms with Crippen molar-refractivity contribution in [1.82, 2.24) is 29.1 Å². The molecule has 0 spiro atoms. The molecule has 6 rings (SSSR count). The van der Waals surface area contributed by atoms with Crippen molar-refractivity contribution >= 4 is 39.9 Å². The van der Waals surface area contributed by atoms with E-state index in [2.05, 4.69) is 21.5 Å². The summed E-state index contributed by atoms with van der Waals surface area (Å²) in [5.74, 6) is 1.22. The third-order valence-corrected chi connectivity index (χ3v) is 6.32. The van der Waals surface area contributed by atoms with E-state index in [0.717, 1.165) is 5.57 Å². The van der Waals surface area contributed by atoms with Crippen LogP contribution in [0.25, 0.3) is 22.2 Å². The van der Waals surface area contributed by atoms with Gasteiger partial charge in [-0.3, -0.25) is 14.3 Å². The standard InChI is InChI=1S/C24H19ClN8O/c1-14-9-12-31(21-18-17(8-5-11-27-18)28-24(26)29-21)19(14)22-30-32-13-10-16(25)20(32)23(34)33(22)15-6-3-2-4-7-15/h2-8,10-11,13,19H,1,9,12H2,(H2,26,28,29)/t19-/m0/s1. The van der Waals surface area contributed by atoms with Gasteiger partial charge in [0, 0.05) is 18.9 Å². The summed E-state index contributed by atoms with van der Waals surface area (Å²) in [6, 6.07) is 14.2. The molecule has 0 bridgehead atoms. The van der Waals surface area contributed by atoms with Gasteiger partial charge >= 0.3 is 0 Å². The van der Waals surface area contributed by atoms with Crippen molar-refractivity contribution in [3.63, 3.8) is 0 Å². The molecule has 1 aliphatic rings. The van der Waals surface area contributed by atoms with Crippen molar-refractivity contribution in [2.24, 2.45) is 0 Å². The number of pyridine rings is 1. The van der Waals surface area contributed by atoms with Gasteiger partial charge in [-0.1, -0.05) is 36.4 Å². The number of fused-ring (bicyclic) bond motifs is 2. The third-order valence-electron chi connectivity index (χ3n) is 6.02. The van der Waals surface area contributed by atoms with Gasteiger partial charge in [0.2, 0.25) is 5.95 Å². The molecular weight excluding hydrogens is 452 g/mol. The molecule has 0 unspecified atom stereocenters. The predicted octanol–water partition coefficient (Wildman–Crippen LogP) is 3.57. The second-order valence-corrected chi connectivity index (χ2v) is 8.48. The number of halogens is 1. The number of hydrogen-bond donors (Lipinski definition) is 1. The molecule has 0 aliphatic carbocycles. The van der Waals surface area contributed by atoms with Gasteiger partial charge in [-0.25, -0.2) is 9.50 Å². The molecule has 168 valence electrons. The fourth-order valence-corrected chi connectivity index (χ4v) is 4.74. The van der Waals surface area contributed by atoms with Crippen LogP contribution < -0.4 is 16.2 Å². The molecular formula is C24H19ClN8O. The fraction of sp³-hybridized carbons (Fsp3) is 0.125. The molecule has 1 saturated heterocycles. The van der Waals surface area contributed by atoms with E-state index in [0.29, 0.717) is 51.9 Å². The number of aromatic nitrogens is 6. The van der Waals surface area contributed by atoms with E-state index in [1.54, 1.807) is 29.1 Å². The summed E-state index contributed by atoms with van der Waals surface area (Å²) in [7, 11) is 0. The molecule has 5 heterocycles. The summed E-state index contributed by atoms with van der Waals surface area (Å²) in [4.78, 5) is 29.1. The van der Waals surface area contributed by atoms with Gasteiger partial charge in [0.25, 0.3) is 5.56 Å². The molecule has 10 heteroatoms. The number of nitrogen functional groups attached to an aromatic ring is 1. The zero-order valence-electron chi connectivity index (χ0n) is 18.0. The Bertz CT molecular complexity index is 1640. The number of anilines is 2. The number of rotatable bonds is 3. The van der Waals surface area contributed by atoms with Crippen LogP contribution >= 0.6 is 11.6 Å². The van der Waals surface area contributed by atoms with Crippen molar-refractivity contribution in [1.29, 1.82) is 0 Å². The van der Waals surface area contributed by atoms with E-state index >= 15 is 0 Å². The fourth-order valence-electron chi connectivity index (χ4n) is 4.52. The van der Waals surface area contributed by atoms with Crippen LogP contribution in [0.1, 0.15) is 18.3 Å². The average Bonchev–Trinajstić information content (AvgIpc) is 3.41. The average molecular weight is 471 g/mol. The molecule has 34 heavy (non-hydrogen) atoms. The first-order valence-electron chi connectivity index (χ1n) is 10.7. The van der Waals surface area contributed by atoms with Crippen LogP contribution in [0.2, 0.25) is 5.02 Å². The first-order chi connectivity index (χ1) is 16.5. The Kier molecular flexibility index (Phi) is 4.59. The number of benzene rings is 1. The Hall–Kier alpha value is -4.24. The van der Waals surface area contributed by atoms with Crippen LogP contribution in [0.5, 0.6) is 0 Å². The number of hydrogen-bond acceptors (Lipinski definition) is 7. The van der Waals surface area contributed by atoms with Crippen molar-refractivity contribution in [3.8, 4) is 5.69 Å². The van der Waals surface area contributed by atoms with Gasteiger partial charge in [-0.05, 0) is 42.3 Å². The highest BCUT2D eigenvalue weighted by Gasteiger charge is 2.36. The van der Waals surface area contributed by atoms with Crippen molar-refractivity contribution < 1.29 is 0 Å². The monoisotopic (exact) mass is 470 g/mol. The van der Waals surface area contributed by atoms with Crippen LogP contribution in [0.15, 0.2) is 77.9 Å². The largest absolute Gasteiger partial charge is 0.368 e. The first kappa shape index (κ1) is 20.4. The summed E-state index contributed by atoms with van der Waals surface area (Å²) >= 11 is 6.34. The maximum atomic E-state index is 13.7. The van der Waals surface area contributed by atoms with E-state index in [1.165, 1.54) is 4.52 Å². The zero-order chi connectivity index (χ0) is 23.4. The molecule has 1 fully saturated rings. The van der Waals surface area contributed by atoms with Gasteiger partial charge in [0.05, 0.1) is 16.2 Å². The van der Waals surface area contributed by atoms with Gasteiger partial charge < -0.3 is 10.6 Å². The molecule has 1 atom stereocenters. The Morgan fingerprint density at radius 1 is 1.09 bits per heavy atom. The molecule has 1 aliphatic heterocycles. The van der Waals surface area contributed by atoms with Gasteiger partial charge in [-0.15, -0.1) is 0 Å². The summed E-state index contributed by atoms with van der Waals surface area (Å²) in [6.07, 6.45) is 4.06. The van der Waals surface area contributed by atoms with Crippen LogP contribution in [0.4, 0.5) is 11.8 Å². The maximum absolute atomic E-state index is 13.7. The summed E-state index contributed by atoms with van der Waals surface area (Å²) in [5, 5.41) is 5.18. The van der Waals surface area contributed by atoms with Crippen molar-refractivity contribution in [3.05, 3.63) is 94.3 Å². The minimum Gasteiger partial charge on any atom is -0.368 e. The third kappa shape index (κ3) is 3.05. The lowest BCUT2D eigenvalue weighted by Gasteiger charge is -2.28. The molecule has 9 nitrogen and oxygen atoms in total. The lowest BCUT2D eigenvalue weighted by atomic mass is 10.1. The van der Waals surface area contributed by atoms with Gasteiger partial charge in [0.1, 0.15) is 17.1 Å². The molecule has 0 amide bonds. The Labute approximate surface area is 198 Å². The van der Waals surface area contributed by atoms with Crippen molar-refractivity contribution in [2.45, 2.75) is 12.5 Å². The van der Waals surface area contributed by atoms with E-state index in [9.17, 15) is 4.79 Å². The van der Waals surface area contributed by atoms with Crippen LogP contribution in [0, 0.1) is 0 Å². The van der Waals surface area contributed by atoms with Crippen LogP contribution in [-0.2, 0) is 0 Å². The minimum atomic E-state index is -0.446. The Morgan fingerprint density at radius 3 is 2.74 bits per heavy atom. The van der Waals surface area contributed by atoms with Crippen LogP contribution in [0.3, 0.4) is 0 Å². The quantitative estimate of drug-likeness (QED) is 0.401. The zero-order valence-corrected chi connectivity index (χ0v) is 18.7. The highest BCUT2D eigenvalue weighted by atomic mass is 35.5. The predicted molar refractivity (Wildman–Crippen MR) is 131 cm³/mol. The SMILES string of the molecule is C=C1CCN(c2nc(N)nc3cccnc23)[C@@H]1c1nn2ccc(Cl)c2c(=O)n1-c1ccccc1. The highest BCUT2D eigenvalue weighted by Crippen LogP contribution is 2.40. The minimum absolute atomic E-state index is 0.146. The second kappa shape index (κ2) is 7.67. The van der Waals surface area contributed by atoms with E-state index in [4.69, 9.17) is 22.4 Å². The van der Waals surface area contributed by atoms with Gasteiger partial charge in [0.15, 0.2) is 11.6 Å². The molecule has 0 radical (unpaired) electrons. The maximum Gasteiger partial charge on any atom is 0.284 e. The summed E-state index contributed by atoms with van der Waals surface area (Å²) in [5.41, 5.74) is 8.93. The topological polar surface area (TPSA) is 107 Å². The number of nitrogens with zero attached hydrogens (tertiary/aromatic N) is 7. The normalized spacial score (nSPS) is 16.1. The molecule has 0 saturated carbocycles. The second-order valence-electron chi connectivity index (χ2n) is 8.07. The first-order valence-corrected chi connectivity index (χ1v) is 11.1. The Balaban J connectivity index is 1.64. The Morgan fingerprint density at radius 2 is 1.91 bits per heavy atom. The van der Waals surface area contributed by atoms with E-state index in [-0.39, 0.29) is 11.5 Å². The smallest absolute Gasteiger partial charge is 0.284 e. The lowest BCUT2D eigenvalue weighted by Crippen LogP contribution is -2.34. The van der Waals surface area contributed by atoms with E-state index in [1.807, 2.05) is 41.3 Å². The van der Waals surface area contributed by atoms with Crippen LogP contribution in [-0.4, -0.2) is 35.7 Å². The summed E-state index contributed by atoms with van der Waals surface area (Å²) < 4.78 is 3.11. The molecule has 5 aromatic rings. The summed E-state index contributed by atoms with van der Waals surface area (Å²) in [6.45, 7) is 4.92.